The highest BCUT2D eigenvalue weighted by atomic mass is 16.7. The highest BCUT2D eigenvalue weighted by Crippen LogP contribution is 2.39. The zero-order chi connectivity index (χ0) is 19.8. The van der Waals surface area contributed by atoms with E-state index in [-0.39, 0.29) is 24.1 Å². The van der Waals surface area contributed by atoms with Gasteiger partial charge in [-0.2, -0.15) is 5.48 Å². The quantitative estimate of drug-likeness (QED) is 0.521. The van der Waals surface area contributed by atoms with E-state index in [1.165, 1.54) is 0 Å². The van der Waals surface area contributed by atoms with E-state index < -0.39 is 0 Å². The summed E-state index contributed by atoms with van der Waals surface area (Å²) in [5.41, 5.74) is 3.04. The van der Waals surface area contributed by atoms with Gasteiger partial charge in [0.15, 0.2) is 0 Å². The molecule has 0 bridgehead atoms. The molecular formula is C20H35N5O4. The maximum atomic E-state index is 12.3. The van der Waals surface area contributed by atoms with Gasteiger partial charge in [-0.25, -0.2) is 4.79 Å². The lowest BCUT2D eigenvalue weighted by molar-refractivity contribution is -0.0377. The van der Waals surface area contributed by atoms with E-state index in [2.05, 4.69) is 21.4 Å². The van der Waals surface area contributed by atoms with Crippen LogP contribution in [0, 0.1) is 11.8 Å². The third-order valence-electron chi connectivity index (χ3n) is 7.17. The maximum absolute atomic E-state index is 12.3. The first-order valence-electron chi connectivity index (χ1n) is 11.3. The fraction of sp³-hybridized carbons (Fsp3) is 0.950. The lowest BCUT2D eigenvalue weighted by Gasteiger charge is -2.38. The fourth-order valence-corrected chi connectivity index (χ4v) is 4.79. The van der Waals surface area contributed by atoms with Crippen LogP contribution in [0.2, 0.25) is 0 Å². The Bertz CT molecular complexity index is 591. The Kier molecular flexibility index (Phi) is 5.70. The number of amides is 1. The van der Waals surface area contributed by atoms with Crippen molar-refractivity contribution in [1.82, 2.24) is 26.3 Å². The monoisotopic (exact) mass is 409 g/mol. The number of carbonyl (C=O) groups excluding carboxylic acids is 1. The molecule has 0 spiro atoms. The molecule has 4 atom stereocenters. The van der Waals surface area contributed by atoms with Crippen molar-refractivity contribution in [2.45, 2.75) is 75.7 Å². The summed E-state index contributed by atoms with van der Waals surface area (Å²) in [6.07, 6.45) is 6.44. The molecule has 5 aliphatic rings. The zero-order valence-corrected chi connectivity index (χ0v) is 17.3. The minimum absolute atomic E-state index is 0.0434. The van der Waals surface area contributed by atoms with Gasteiger partial charge in [0.05, 0.1) is 31.6 Å². The number of rotatable bonds is 5. The summed E-state index contributed by atoms with van der Waals surface area (Å²) in [5.74, 6) is 0.935. The van der Waals surface area contributed by atoms with Gasteiger partial charge in [0.2, 0.25) is 0 Å². The van der Waals surface area contributed by atoms with Crippen molar-refractivity contribution in [2.75, 3.05) is 32.8 Å². The van der Waals surface area contributed by atoms with E-state index in [9.17, 15) is 4.79 Å². The van der Waals surface area contributed by atoms with Crippen LogP contribution in [-0.4, -0.2) is 74.0 Å². The highest BCUT2D eigenvalue weighted by molar-refractivity contribution is 5.68. The Balaban J connectivity index is 1.06. The number of ether oxygens (including phenoxy) is 2. The first kappa shape index (κ1) is 20.0. The van der Waals surface area contributed by atoms with Gasteiger partial charge in [0, 0.05) is 19.0 Å². The highest BCUT2D eigenvalue weighted by Gasteiger charge is 2.44. The molecule has 29 heavy (non-hydrogen) atoms. The molecular weight excluding hydrogens is 374 g/mol. The smallest absolute Gasteiger partial charge is 0.410 e. The second-order valence-corrected chi connectivity index (χ2v) is 9.64. The molecule has 4 saturated heterocycles. The Morgan fingerprint density at radius 2 is 1.97 bits per heavy atom. The average molecular weight is 410 g/mol. The first-order chi connectivity index (χ1) is 14.1. The number of hydroxylamine groups is 1. The molecule has 164 valence electrons. The van der Waals surface area contributed by atoms with Crippen LogP contribution >= 0.6 is 0 Å². The maximum Gasteiger partial charge on any atom is 0.410 e. The number of nitrogens with zero attached hydrogens (tertiary/aromatic N) is 1. The Labute approximate surface area is 172 Å². The van der Waals surface area contributed by atoms with Crippen LogP contribution in [0.5, 0.6) is 0 Å². The second kappa shape index (κ2) is 8.28. The van der Waals surface area contributed by atoms with Gasteiger partial charge in [-0.05, 0) is 57.9 Å². The van der Waals surface area contributed by atoms with Crippen molar-refractivity contribution in [3.05, 3.63) is 0 Å². The van der Waals surface area contributed by atoms with Crippen LogP contribution in [0.1, 0.15) is 45.4 Å². The molecule has 5 fully saturated rings. The topological polar surface area (TPSA) is 96.1 Å². The number of piperidine rings is 2. The van der Waals surface area contributed by atoms with Crippen LogP contribution in [0.4, 0.5) is 4.79 Å². The standard InChI is InChI=1S/C20H35N5O4/c1-20(5-6-20)28-19(26)25-8-3-13(4-9-25)17-23-18(29-24-17)14-2-7-21-16(10-14)22-15-11-27-12-15/h13-18,21-24H,2-12H2,1H3. The molecule has 0 aromatic rings. The molecule has 0 aromatic carbocycles. The Morgan fingerprint density at radius 3 is 2.66 bits per heavy atom. The average Bonchev–Trinajstić information content (AvgIpc) is 3.23. The summed E-state index contributed by atoms with van der Waals surface area (Å²) in [6.45, 7) is 6.16. The minimum Gasteiger partial charge on any atom is -0.443 e. The van der Waals surface area contributed by atoms with Crippen LogP contribution in [0.25, 0.3) is 0 Å². The van der Waals surface area contributed by atoms with E-state index in [0.29, 0.717) is 24.0 Å². The largest absolute Gasteiger partial charge is 0.443 e. The number of nitrogens with one attached hydrogen (secondary N) is 4. The van der Waals surface area contributed by atoms with E-state index in [1.54, 1.807) is 0 Å². The van der Waals surface area contributed by atoms with Gasteiger partial charge in [0.1, 0.15) is 11.8 Å². The van der Waals surface area contributed by atoms with E-state index in [0.717, 1.165) is 71.4 Å². The lowest BCUT2D eigenvalue weighted by Crippen LogP contribution is -2.58. The van der Waals surface area contributed by atoms with E-state index in [4.69, 9.17) is 14.3 Å². The van der Waals surface area contributed by atoms with Crippen LogP contribution < -0.4 is 21.4 Å². The molecule has 1 amide bonds. The van der Waals surface area contributed by atoms with Crippen LogP contribution in [-0.2, 0) is 14.3 Å². The Hall–Kier alpha value is -0.970. The molecule has 9 heteroatoms. The van der Waals surface area contributed by atoms with Crippen molar-refractivity contribution < 1.29 is 19.1 Å². The molecule has 1 aliphatic carbocycles. The molecule has 4 heterocycles. The predicted molar refractivity (Wildman–Crippen MR) is 106 cm³/mol. The van der Waals surface area contributed by atoms with Gasteiger partial charge in [-0.1, -0.05) is 0 Å². The first-order valence-corrected chi connectivity index (χ1v) is 11.3. The molecule has 5 rings (SSSR count). The number of carbonyl (C=O) groups is 1. The van der Waals surface area contributed by atoms with Gasteiger partial charge >= 0.3 is 6.09 Å². The zero-order valence-electron chi connectivity index (χ0n) is 17.3. The van der Waals surface area contributed by atoms with Crippen molar-refractivity contribution in [1.29, 1.82) is 0 Å². The summed E-state index contributed by atoms with van der Waals surface area (Å²) in [6, 6.07) is 0.481. The Morgan fingerprint density at radius 1 is 1.17 bits per heavy atom. The molecule has 4 aliphatic heterocycles. The normalized spacial score (nSPS) is 37.9. The number of likely N-dealkylation sites (tertiary alicyclic amines) is 1. The SMILES string of the molecule is CC1(OC(=O)N2CCC(C3NOC(C4CCNC(NC5COC5)C4)N3)CC2)CC1. The van der Waals surface area contributed by atoms with Crippen molar-refractivity contribution in [3.63, 3.8) is 0 Å². The van der Waals surface area contributed by atoms with Crippen LogP contribution in [0.3, 0.4) is 0 Å². The number of hydrogen-bond acceptors (Lipinski definition) is 8. The number of hydrogen-bond donors (Lipinski definition) is 4. The molecule has 4 N–H and O–H groups in total. The summed E-state index contributed by atoms with van der Waals surface area (Å²) < 4.78 is 10.9. The third-order valence-corrected chi connectivity index (χ3v) is 7.17. The molecule has 0 aromatic heterocycles. The predicted octanol–water partition coefficient (Wildman–Crippen LogP) is 0.478. The van der Waals surface area contributed by atoms with Crippen LogP contribution in [0.15, 0.2) is 0 Å². The van der Waals surface area contributed by atoms with Crippen molar-refractivity contribution >= 4 is 6.09 Å². The van der Waals surface area contributed by atoms with Gasteiger partial charge < -0.3 is 19.7 Å². The third kappa shape index (κ3) is 4.70. The summed E-state index contributed by atoms with van der Waals surface area (Å²) in [4.78, 5) is 20.1. The molecule has 0 radical (unpaired) electrons. The second-order valence-electron chi connectivity index (χ2n) is 9.64. The summed E-state index contributed by atoms with van der Waals surface area (Å²) in [5, 5.41) is 10.9. The van der Waals surface area contributed by atoms with E-state index in [1.807, 2.05) is 11.8 Å². The fourth-order valence-electron chi connectivity index (χ4n) is 4.79. The molecule has 1 saturated carbocycles. The van der Waals surface area contributed by atoms with Crippen molar-refractivity contribution in [3.8, 4) is 0 Å². The molecule has 4 unspecified atom stereocenters. The lowest BCUT2D eigenvalue weighted by atomic mass is 9.91. The van der Waals surface area contributed by atoms with Gasteiger partial charge in [0.25, 0.3) is 0 Å². The summed E-state index contributed by atoms with van der Waals surface area (Å²) in [7, 11) is 0. The summed E-state index contributed by atoms with van der Waals surface area (Å²) >= 11 is 0. The molecule has 9 nitrogen and oxygen atoms in total. The van der Waals surface area contributed by atoms with Crippen molar-refractivity contribution in [2.24, 2.45) is 11.8 Å². The van der Waals surface area contributed by atoms with Gasteiger partial charge in [-0.15, -0.1) is 0 Å². The minimum atomic E-state index is -0.198. The van der Waals surface area contributed by atoms with E-state index >= 15 is 0 Å². The van der Waals surface area contributed by atoms with Gasteiger partial charge in [-0.3, -0.25) is 15.5 Å².